The van der Waals surface area contributed by atoms with Crippen molar-refractivity contribution in [1.82, 2.24) is 14.7 Å². The fraction of sp³-hybridized carbons (Fsp3) is 0.720. The van der Waals surface area contributed by atoms with E-state index in [-0.39, 0.29) is 25.0 Å². The van der Waals surface area contributed by atoms with Crippen LogP contribution in [-0.2, 0) is 28.6 Å². The number of hydrogen-bond donors (Lipinski definition) is 1. The van der Waals surface area contributed by atoms with Gasteiger partial charge >= 0.3 is 5.97 Å². The molecule has 3 saturated heterocycles. The molecule has 1 spiro atoms. The average molecular weight is 490 g/mol. The lowest BCUT2D eigenvalue weighted by Gasteiger charge is -2.39. The molecular weight excluding hydrogens is 454 g/mol. The Morgan fingerprint density at radius 1 is 1.06 bits per heavy atom. The van der Waals surface area contributed by atoms with E-state index in [9.17, 15) is 19.5 Å². The van der Waals surface area contributed by atoms with E-state index >= 15 is 0 Å². The molecule has 10 heteroatoms. The fourth-order valence-corrected chi connectivity index (χ4v) is 6.32. The van der Waals surface area contributed by atoms with Crippen molar-refractivity contribution >= 4 is 17.8 Å². The summed E-state index contributed by atoms with van der Waals surface area (Å²) in [6, 6.07) is -1.58. The molecule has 10 nitrogen and oxygen atoms in total. The highest BCUT2D eigenvalue weighted by Crippen LogP contribution is 2.57. The van der Waals surface area contributed by atoms with Crippen LogP contribution in [0.3, 0.4) is 0 Å². The lowest BCUT2D eigenvalue weighted by molar-refractivity contribution is -0.161. The van der Waals surface area contributed by atoms with Gasteiger partial charge in [-0.25, -0.2) is 0 Å². The predicted molar refractivity (Wildman–Crippen MR) is 124 cm³/mol. The van der Waals surface area contributed by atoms with Crippen LogP contribution < -0.4 is 0 Å². The Morgan fingerprint density at radius 3 is 2.57 bits per heavy atom. The second-order valence-corrected chi connectivity index (χ2v) is 10.3. The molecule has 35 heavy (non-hydrogen) atoms. The minimum atomic E-state index is -1.32. The molecule has 0 radical (unpaired) electrons. The molecule has 0 aliphatic carbocycles. The maximum Gasteiger partial charge on any atom is 0.313 e. The first kappa shape index (κ1) is 24.4. The third kappa shape index (κ3) is 3.91. The van der Waals surface area contributed by atoms with Crippen molar-refractivity contribution in [3.05, 3.63) is 24.3 Å². The Labute approximate surface area is 205 Å². The van der Waals surface area contributed by atoms with Gasteiger partial charge in [0.25, 0.3) is 0 Å². The fourth-order valence-electron chi connectivity index (χ4n) is 6.32. The van der Waals surface area contributed by atoms with Crippen molar-refractivity contribution in [2.24, 2.45) is 11.8 Å². The van der Waals surface area contributed by atoms with Crippen molar-refractivity contribution < 1.29 is 33.7 Å². The summed E-state index contributed by atoms with van der Waals surface area (Å²) < 4.78 is 17.6. The van der Waals surface area contributed by atoms with Crippen LogP contribution in [0.4, 0.5) is 0 Å². The molecule has 6 atom stereocenters. The first-order valence-corrected chi connectivity index (χ1v) is 12.6. The van der Waals surface area contributed by atoms with Gasteiger partial charge in [0, 0.05) is 32.7 Å². The average Bonchev–Trinajstić information content (AvgIpc) is 3.18. The zero-order valence-electron chi connectivity index (χ0n) is 20.4. The second kappa shape index (κ2) is 9.31. The highest BCUT2D eigenvalue weighted by atomic mass is 16.6. The van der Waals surface area contributed by atoms with Gasteiger partial charge in [-0.2, -0.15) is 0 Å². The van der Waals surface area contributed by atoms with Gasteiger partial charge in [-0.05, 0) is 20.3 Å². The number of aliphatic hydroxyl groups excluding tert-OH is 1. The van der Waals surface area contributed by atoms with Crippen molar-refractivity contribution in [3.63, 3.8) is 0 Å². The zero-order valence-corrected chi connectivity index (χ0v) is 20.4. The summed E-state index contributed by atoms with van der Waals surface area (Å²) in [5.41, 5.74) is -2.41. The Balaban J connectivity index is 1.52. The Kier molecular flexibility index (Phi) is 6.50. The molecule has 0 aromatic rings. The van der Waals surface area contributed by atoms with Crippen LogP contribution >= 0.6 is 0 Å². The Hall–Kier alpha value is -2.27. The topological polar surface area (TPSA) is 109 Å². The van der Waals surface area contributed by atoms with Gasteiger partial charge in [0.1, 0.15) is 17.6 Å². The molecule has 0 saturated carbocycles. The van der Waals surface area contributed by atoms with Crippen molar-refractivity contribution in [2.45, 2.75) is 43.6 Å². The van der Waals surface area contributed by atoms with Crippen LogP contribution in [0.25, 0.3) is 0 Å². The largest absolute Gasteiger partial charge is 0.465 e. The summed E-state index contributed by atoms with van der Waals surface area (Å²) in [5.74, 6) is -2.87. The number of fused-ring (bicyclic) bond motifs is 2. The number of nitrogens with zero attached hydrogens (tertiary/aromatic N) is 3. The summed E-state index contributed by atoms with van der Waals surface area (Å²) in [4.78, 5) is 46.7. The molecule has 0 aromatic heterocycles. The zero-order chi connectivity index (χ0) is 24.8. The summed E-state index contributed by atoms with van der Waals surface area (Å²) in [6.07, 6.45) is 8.00. The number of rotatable bonds is 5. The van der Waals surface area contributed by atoms with Crippen LogP contribution in [0.2, 0.25) is 0 Å². The van der Waals surface area contributed by atoms with E-state index in [0.29, 0.717) is 39.3 Å². The molecule has 5 rings (SSSR count). The highest BCUT2D eigenvalue weighted by Gasteiger charge is 2.75. The van der Waals surface area contributed by atoms with Gasteiger partial charge in [-0.15, -0.1) is 0 Å². The Morgan fingerprint density at radius 2 is 1.83 bits per heavy atom. The molecule has 192 valence electrons. The third-order valence-electron chi connectivity index (χ3n) is 8.07. The van der Waals surface area contributed by atoms with Gasteiger partial charge in [-0.3, -0.25) is 19.3 Å². The van der Waals surface area contributed by atoms with Crippen LogP contribution in [0.5, 0.6) is 0 Å². The Bertz CT molecular complexity index is 932. The summed E-state index contributed by atoms with van der Waals surface area (Å²) in [7, 11) is 0. The number of esters is 1. The SMILES string of the molecule is C[C@H](CO)N1C(=O)[C@@H]2[C@H]3C(=O)OCCC=C[C@@]3(C)O[C@@]23C=CCN(CCN2CCOCC2)C(=O)C13. The first-order valence-electron chi connectivity index (χ1n) is 12.6. The number of carbonyl (C=O) groups excluding carboxylic acids is 3. The number of carbonyl (C=O) groups is 3. The van der Waals surface area contributed by atoms with E-state index in [1.807, 2.05) is 24.3 Å². The maximum atomic E-state index is 14.1. The number of cyclic esters (lactones) is 1. The molecule has 0 bridgehead atoms. The normalized spacial score (nSPS) is 38.4. The first-order chi connectivity index (χ1) is 16.8. The van der Waals surface area contributed by atoms with Gasteiger partial charge in [-0.1, -0.05) is 24.3 Å². The molecule has 0 aromatic carbocycles. The van der Waals surface area contributed by atoms with E-state index in [0.717, 1.165) is 13.1 Å². The minimum absolute atomic E-state index is 0.227. The molecule has 3 fully saturated rings. The van der Waals surface area contributed by atoms with Crippen LogP contribution in [0.15, 0.2) is 24.3 Å². The molecular formula is C25H35N3O7. The number of likely N-dealkylation sites (tertiary alicyclic amines) is 1. The lowest BCUT2D eigenvalue weighted by atomic mass is 9.74. The van der Waals surface area contributed by atoms with Crippen molar-refractivity contribution in [2.75, 3.05) is 59.2 Å². The van der Waals surface area contributed by atoms with E-state index in [1.165, 1.54) is 4.90 Å². The number of morpholine rings is 1. The number of hydrogen-bond acceptors (Lipinski definition) is 8. The van der Waals surface area contributed by atoms with E-state index in [2.05, 4.69) is 4.90 Å². The summed E-state index contributed by atoms with van der Waals surface area (Å²) in [6.45, 7) is 8.00. The van der Waals surface area contributed by atoms with E-state index < -0.39 is 41.1 Å². The molecule has 5 aliphatic rings. The number of ether oxygens (including phenoxy) is 3. The monoisotopic (exact) mass is 489 g/mol. The molecule has 5 aliphatic heterocycles. The number of aliphatic hydroxyl groups is 1. The lowest BCUT2D eigenvalue weighted by Crippen LogP contribution is -2.58. The van der Waals surface area contributed by atoms with Gasteiger partial charge in [0.15, 0.2) is 0 Å². The third-order valence-corrected chi connectivity index (χ3v) is 8.07. The predicted octanol–water partition coefficient (Wildman–Crippen LogP) is -0.428. The second-order valence-electron chi connectivity index (χ2n) is 10.3. The van der Waals surface area contributed by atoms with E-state index in [1.54, 1.807) is 18.7 Å². The maximum absolute atomic E-state index is 14.1. The van der Waals surface area contributed by atoms with Gasteiger partial charge < -0.3 is 29.1 Å². The molecule has 1 N–H and O–H groups in total. The van der Waals surface area contributed by atoms with Crippen molar-refractivity contribution in [1.29, 1.82) is 0 Å². The smallest absolute Gasteiger partial charge is 0.313 e. The molecule has 2 amide bonds. The molecule has 5 heterocycles. The van der Waals surface area contributed by atoms with E-state index in [4.69, 9.17) is 14.2 Å². The van der Waals surface area contributed by atoms with Crippen LogP contribution in [0, 0.1) is 11.8 Å². The van der Waals surface area contributed by atoms with Crippen molar-refractivity contribution in [3.8, 4) is 0 Å². The van der Waals surface area contributed by atoms with Gasteiger partial charge in [0.2, 0.25) is 11.8 Å². The van der Waals surface area contributed by atoms with Crippen LogP contribution in [-0.4, -0.2) is 120 Å². The minimum Gasteiger partial charge on any atom is -0.465 e. The van der Waals surface area contributed by atoms with Crippen LogP contribution in [0.1, 0.15) is 20.3 Å². The standard InChI is InChI=1S/C25H35N3O7/c1-17(16-29)28-20-22(31)27(10-9-26-11-14-33-15-12-26)8-5-7-25(20)18(21(28)30)19-23(32)34-13-4-3-6-24(19,2)35-25/h3,5-7,17-20,29H,4,8-16H2,1-2H3/t17-,18+,19+,20?,24-,25+/m1/s1. The quantitative estimate of drug-likeness (QED) is 0.410. The molecule has 1 unspecified atom stereocenters. The van der Waals surface area contributed by atoms with Gasteiger partial charge in [0.05, 0.1) is 44.0 Å². The highest BCUT2D eigenvalue weighted by molar-refractivity contribution is 5.99. The summed E-state index contributed by atoms with van der Waals surface area (Å²) >= 11 is 0. The summed E-state index contributed by atoms with van der Waals surface area (Å²) in [5, 5.41) is 9.98. The number of amides is 2.